The van der Waals surface area contributed by atoms with E-state index in [4.69, 9.17) is 9.40 Å². The summed E-state index contributed by atoms with van der Waals surface area (Å²) in [5.74, 6) is 0. The van der Waals surface area contributed by atoms with Crippen LogP contribution in [0.2, 0.25) is 19.6 Å². The van der Waals surface area contributed by atoms with Crippen molar-refractivity contribution >= 4 is 35.2 Å². The molecule has 0 atom stereocenters. The quantitative estimate of drug-likeness (QED) is 0.135. The molecule has 4 nitrogen and oxygen atoms in total. The maximum absolute atomic E-state index is 5.93. The van der Waals surface area contributed by atoms with Gasteiger partial charge in [-0.1, -0.05) is 87.9 Å². The minimum Gasteiger partial charge on any atom is -0.500 e. The molecular weight excluding hydrogens is 699 g/mol. The molecule has 0 spiro atoms. The second-order valence-corrected chi connectivity index (χ2v) is 17.3. The van der Waals surface area contributed by atoms with E-state index in [0.717, 1.165) is 50.9 Å². The maximum atomic E-state index is 5.93. The number of hydrogen-bond donors (Lipinski definition) is 0. The second-order valence-electron chi connectivity index (χ2n) is 12.3. The van der Waals surface area contributed by atoms with Crippen molar-refractivity contribution in [3.05, 3.63) is 109 Å². The van der Waals surface area contributed by atoms with Gasteiger partial charge in [-0.05, 0) is 58.3 Å². The smallest absolute Gasteiger partial charge is 0.121 e. The van der Waals surface area contributed by atoms with Gasteiger partial charge in [0, 0.05) is 37.9 Å². The summed E-state index contributed by atoms with van der Waals surface area (Å²) >= 11 is 0. The summed E-state index contributed by atoms with van der Waals surface area (Å²) < 4.78 is 5.93. The van der Waals surface area contributed by atoms with Gasteiger partial charge >= 0.3 is 0 Å². The Morgan fingerprint density at radius 2 is 1.59 bits per heavy atom. The SMILES string of the molecule is CC(C)(C)Cc1cc(-c2[c-]cccc2)ncc1[Si](C)(C)C.[Ir].[c-]1ncc2c(oc3ccccc32)c1-c1ccccn1. The van der Waals surface area contributed by atoms with Crippen molar-refractivity contribution in [1.29, 1.82) is 0 Å². The third-order valence-corrected chi connectivity index (χ3v) is 8.72. The molecule has 0 unspecified atom stereocenters. The summed E-state index contributed by atoms with van der Waals surface area (Å²) in [6, 6.07) is 27.3. The Hall–Kier alpha value is -3.44. The number of nitrogens with zero attached hydrogens (tertiary/aromatic N) is 3. The van der Waals surface area contributed by atoms with E-state index in [0.29, 0.717) is 0 Å². The first-order valence-electron chi connectivity index (χ1n) is 13.7. The zero-order chi connectivity index (χ0) is 28.3. The molecule has 0 saturated carbocycles. The molecule has 4 aromatic heterocycles. The third-order valence-electron chi connectivity index (χ3n) is 6.66. The van der Waals surface area contributed by atoms with E-state index in [-0.39, 0.29) is 25.5 Å². The molecule has 0 amide bonds. The van der Waals surface area contributed by atoms with Crippen LogP contribution in [0.5, 0.6) is 0 Å². The van der Waals surface area contributed by atoms with Crippen molar-refractivity contribution in [2.24, 2.45) is 5.41 Å². The number of aromatic nitrogens is 3. The van der Waals surface area contributed by atoms with Gasteiger partial charge in [0.15, 0.2) is 0 Å². The number of hydrogen-bond acceptors (Lipinski definition) is 4. The fourth-order valence-corrected chi connectivity index (χ4v) is 6.44. The Balaban J connectivity index is 0.000000185. The summed E-state index contributed by atoms with van der Waals surface area (Å²) in [6.07, 6.45) is 9.73. The molecule has 4 heterocycles. The largest absolute Gasteiger partial charge is 0.500 e. The molecule has 2 aromatic carbocycles. The molecule has 0 aliphatic heterocycles. The number of rotatable bonds is 4. The van der Waals surface area contributed by atoms with E-state index in [9.17, 15) is 0 Å². The number of benzene rings is 2. The molecule has 0 aliphatic rings. The number of fused-ring (bicyclic) bond motifs is 3. The van der Waals surface area contributed by atoms with Gasteiger partial charge in [0.25, 0.3) is 0 Å². The van der Waals surface area contributed by atoms with Crippen molar-refractivity contribution in [1.82, 2.24) is 15.0 Å². The maximum Gasteiger partial charge on any atom is 0.121 e. The van der Waals surface area contributed by atoms with Crippen LogP contribution >= 0.6 is 0 Å². The van der Waals surface area contributed by atoms with Crippen LogP contribution in [-0.2, 0) is 26.5 Å². The molecule has 41 heavy (non-hydrogen) atoms. The van der Waals surface area contributed by atoms with E-state index in [1.165, 1.54) is 10.8 Å². The molecule has 211 valence electrons. The van der Waals surface area contributed by atoms with E-state index in [1.54, 1.807) is 12.4 Å². The molecule has 6 rings (SSSR count). The van der Waals surface area contributed by atoms with Crippen LogP contribution < -0.4 is 5.19 Å². The minimum atomic E-state index is -1.37. The Kier molecular flexibility index (Phi) is 9.38. The minimum absolute atomic E-state index is 0. The van der Waals surface area contributed by atoms with Crippen LogP contribution in [0.3, 0.4) is 0 Å². The summed E-state index contributed by atoms with van der Waals surface area (Å²) in [4.78, 5) is 13.2. The summed E-state index contributed by atoms with van der Waals surface area (Å²) in [5, 5.41) is 3.54. The summed E-state index contributed by atoms with van der Waals surface area (Å²) in [7, 11) is -1.37. The summed E-state index contributed by atoms with van der Waals surface area (Å²) in [6.45, 7) is 14.1. The predicted molar refractivity (Wildman–Crippen MR) is 168 cm³/mol. The number of para-hydroxylation sites is 1. The third kappa shape index (κ3) is 7.26. The Morgan fingerprint density at radius 3 is 2.27 bits per heavy atom. The van der Waals surface area contributed by atoms with Crippen LogP contribution in [-0.4, -0.2) is 23.0 Å². The molecule has 6 aromatic rings. The zero-order valence-corrected chi connectivity index (χ0v) is 27.8. The molecule has 0 aliphatic carbocycles. The van der Waals surface area contributed by atoms with E-state index in [2.05, 4.69) is 81.0 Å². The van der Waals surface area contributed by atoms with Gasteiger partial charge in [-0.3, -0.25) is 0 Å². The standard InChI is InChI=1S/C19H26NSi.C16H9N2O.Ir/c1-19(2,3)13-16-12-17(15-10-8-7-9-11-15)20-14-18(16)21(4,5)6;1-2-7-15-11(5-1)12-9-17-10-13(16(12)19-15)14-6-3-4-8-18-14;/h7-10,12,14H,13H2,1-6H3;1-9H;/q2*-1;. The first-order valence-corrected chi connectivity index (χ1v) is 17.2. The molecular formula is C35H35IrN3OSi-2. The van der Waals surface area contributed by atoms with Crippen molar-refractivity contribution in [3.8, 4) is 22.5 Å². The van der Waals surface area contributed by atoms with Gasteiger partial charge in [0.05, 0.1) is 13.7 Å². The number of pyridine rings is 3. The Bertz CT molecular complexity index is 1740. The first kappa shape index (κ1) is 30.5. The fourth-order valence-electron chi connectivity index (χ4n) is 4.87. The van der Waals surface area contributed by atoms with Crippen LogP contribution in [0, 0.1) is 17.7 Å². The van der Waals surface area contributed by atoms with Crippen LogP contribution in [0.4, 0.5) is 0 Å². The van der Waals surface area contributed by atoms with Crippen molar-refractivity contribution in [2.45, 2.75) is 46.8 Å². The fraction of sp³-hybridized carbons (Fsp3) is 0.229. The Morgan fingerprint density at radius 1 is 0.829 bits per heavy atom. The van der Waals surface area contributed by atoms with Crippen LogP contribution in [0.25, 0.3) is 44.5 Å². The van der Waals surface area contributed by atoms with Crippen LogP contribution in [0.1, 0.15) is 26.3 Å². The Labute approximate surface area is 257 Å². The molecule has 6 heteroatoms. The van der Waals surface area contributed by atoms with Crippen molar-refractivity contribution in [2.75, 3.05) is 0 Å². The first-order chi connectivity index (χ1) is 19.1. The molecule has 1 radical (unpaired) electrons. The van der Waals surface area contributed by atoms with Gasteiger partial charge < -0.3 is 19.4 Å². The van der Waals surface area contributed by atoms with Crippen molar-refractivity contribution < 1.29 is 24.5 Å². The average Bonchev–Trinajstić information content (AvgIpc) is 3.32. The van der Waals surface area contributed by atoms with Crippen molar-refractivity contribution in [3.63, 3.8) is 0 Å². The van der Waals surface area contributed by atoms with E-state index >= 15 is 0 Å². The van der Waals surface area contributed by atoms with E-state index in [1.807, 2.05) is 60.7 Å². The molecule has 0 bridgehead atoms. The van der Waals surface area contributed by atoms with E-state index < -0.39 is 8.07 Å². The number of furan rings is 1. The van der Waals surface area contributed by atoms with Gasteiger partial charge in [0.1, 0.15) is 5.58 Å². The molecule has 0 N–H and O–H groups in total. The second kappa shape index (κ2) is 12.6. The molecule has 0 fully saturated rings. The van der Waals surface area contributed by atoms with Gasteiger partial charge in [-0.25, -0.2) is 0 Å². The zero-order valence-electron chi connectivity index (χ0n) is 24.5. The van der Waals surface area contributed by atoms with Gasteiger partial charge in [0.2, 0.25) is 0 Å². The monoisotopic (exact) mass is 734 g/mol. The predicted octanol–water partition coefficient (Wildman–Crippen LogP) is 8.52. The van der Waals surface area contributed by atoms with Crippen LogP contribution in [0.15, 0.2) is 95.8 Å². The van der Waals surface area contributed by atoms with Gasteiger partial charge in [-0.15, -0.1) is 35.9 Å². The van der Waals surface area contributed by atoms with Gasteiger partial charge in [-0.2, -0.15) is 0 Å². The summed E-state index contributed by atoms with van der Waals surface area (Å²) in [5.41, 5.74) is 7.13. The average molecular weight is 734 g/mol. The molecule has 0 saturated heterocycles. The normalized spacial score (nSPS) is 11.6. The topological polar surface area (TPSA) is 51.8 Å².